The Balaban J connectivity index is 1.75. The van der Waals surface area contributed by atoms with Crippen LogP contribution < -0.4 is 10.3 Å². The van der Waals surface area contributed by atoms with Gasteiger partial charge in [-0.05, 0) is 82.0 Å². The second kappa shape index (κ2) is 9.69. The quantitative estimate of drug-likeness (QED) is 0.319. The highest BCUT2D eigenvalue weighted by Crippen LogP contribution is 2.37. The van der Waals surface area contributed by atoms with Gasteiger partial charge in [0.25, 0.3) is 0 Å². The van der Waals surface area contributed by atoms with E-state index in [9.17, 15) is 4.79 Å². The van der Waals surface area contributed by atoms with Gasteiger partial charge in [0.2, 0.25) is 0 Å². The first-order valence-corrected chi connectivity index (χ1v) is 12.7. The standard InChI is InChI=1S/C25H28Cl2N4OS/c1-15(2)28-24(19-9-8-18(26)13-20(19)27)31-11-5-6-16-12-17(7-10-21(16)31)23-25(3,4)33-22(14-32)29-30-23/h7-10,12-15,22,29H,5-6,11H2,1-4H3. The number of carbonyl (C=O) groups excluding carboxylic acids is 1. The molecule has 0 spiro atoms. The van der Waals surface area contributed by atoms with E-state index in [-0.39, 0.29) is 16.2 Å². The fraction of sp³-hybridized carbons (Fsp3) is 0.400. The number of nitrogens with zero attached hydrogens (tertiary/aromatic N) is 3. The van der Waals surface area contributed by atoms with Gasteiger partial charge < -0.3 is 9.69 Å². The molecule has 1 unspecified atom stereocenters. The van der Waals surface area contributed by atoms with Crippen molar-refractivity contribution < 1.29 is 4.79 Å². The van der Waals surface area contributed by atoms with Crippen molar-refractivity contribution in [3.63, 3.8) is 0 Å². The van der Waals surface area contributed by atoms with Gasteiger partial charge in [0, 0.05) is 28.9 Å². The predicted molar refractivity (Wildman–Crippen MR) is 141 cm³/mol. The third kappa shape index (κ3) is 5.08. The normalized spacial score (nSPS) is 20.2. The molecule has 0 fully saturated rings. The molecule has 0 saturated carbocycles. The molecular weight excluding hydrogens is 475 g/mol. The maximum absolute atomic E-state index is 11.2. The van der Waals surface area contributed by atoms with E-state index in [1.165, 1.54) is 5.56 Å². The Bertz CT molecular complexity index is 1130. The van der Waals surface area contributed by atoms with Crippen LogP contribution in [0.2, 0.25) is 10.0 Å². The maximum Gasteiger partial charge on any atom is 0.154 e. The number of nitrogens with one attached hydrogen (secondary N) is 1. The van der Waals surface area contributed by atoms with E-state index >= 15 is 0 Å². The summed E-state index contributed by atoms with van der Waals surface area (Å²) in [5.74, 6) is 0.863. The van der Waals surface area contributed by atoms with Crippen molar-refractivity contribution >= 4 is 58.5 Å². The van der Waals surface area contributed by atoms with Crippen LogP contribution in [0.25, 0.3) is 0 Å². The van der Waals surface area contributed by atoms with Crippen LogP contribution in [0.5, 0.6) is 0 Å². The average molecular weight is 503 g/mol. The summed E-state index contributed by atoms with van der Waals surface area (Å²) in [6.45, 7) is 9.21. The fourth-order valence-electron chi connectivity index (χ4n) is 4.30. The van der Waals surface area contributed by atoms with Crippen LogP contribution >= 0.6 is 35.0 Å². The molecule has 2 aliphatic rings. The largest absolute Gasteiger partial charge is 0.326 e. The second-order valence-electron chi connectivity index (χ2n) is 9.04. The highest BCUT2D eigenvalue weighted by Gasteiger charge is 2.35. The van der Waals surface area contributed by atoms with E-state index in [0.29, 0.717) is 10.0 Å². The molecule has 4 rings (SSSR count). The molecule has 0 bridgehead atoms. The van der Waals surface area contributed by atoms with Gasteiger partial charge in [-0.1, -0.05) is 29.3 Å². The van der Waals surface area contributed by atoms with Crippen molar-refractivity contribution in [1.29, 1.82) is 0 Å². The van der Waals surface area contributed by atoms with E-state index in [2.05, 4.69) is 61.3 Å². The minimum atomic E-state index is -0.323. The van der Waals surface area contributed by atoms with Crippen molar-refractivity contribution in [2.75, 3.05) is 11.4 Å². The van der Waals surface area contributed by atoms with Crippen molar-refractivity contribution in [2.24, 2.45) is 10.1 Å². The first-order chi connectivity index (χ1) is 15.7. The van der Waals surface area contributed by atoms with Crippen molar-refractivity contribution in [1.82, 2.24) is 5.43 Å². The molecular formula is C25H28Cl2N4OS. The molecule has 0 saturated heterocycles. The molecule has 2 aliphatic heterocycles. The summed E-state index contributed by atoms with van der Waals surface area (Å²) in [6, 6.07) is 12.2. The number of aryl methyl sites for hydroxylation is 1. The number of thioether (sulfide) groups is 1. The zero-order valence-electron chi connectivity index (χ0n) is 19.2. The molecule has 1 atom stereocenters. The number of aliphatic imine (C=N–C) groups is 1. The van der Waals surface area contributed by atoms with Crippen LogP contribution in [0.3, 0.4) is 0 Å². The molecule has 0 amide bonds. The minimum absolute atomic E-state index is 0.114. The molecule has 2 aromatic rings. The van der Waals surface area contributed by atoms with Crippen LogP contribution in [0.1, 0.15) is 50.8 Å². The molecule has 0 aliphatic carbocycles. The van der Waals surface area contributed by atoms with Gasteiger partial charge >= 0.3 is 0 Å². The van der Waals surface area contributed by atoms with Gasteiger partial charge in [-0.2, -0.15) is 5.10 Å². The van der Waals surface area contributed by atoms with E-state index in [1.54, 1.807) is 17.8 Å². The third-order valence-electron chi connectivity index (χ3n) is 5.70. The summed E-state index contributed by atoms with van der Waals surface area (Å²) in [5, 5.41) is 5.44. The van der Waals surface area contributed by atoms with E-state index in [0.717, 1.165) is 54.0 Å². The Kier molecular flexibility index (Phi) is 7.08. The van der Waals surface area contributed by atoms with Gasteiger partial charge in [0.15, 0.2) is 6.29 Å². The molecule has 5 nitrogen and oxygen atoms in total. The molecule has 2 heterocycles. The first-order valence-electron chi connectivity index (χ1n) is 11.1. The highest BCUT2D eigenvalue weighted by atomic mass is 35.5. The van der Waals surface area contributed by atoms with Crippen LogP contribution in [0.15, 0.2) is 46.5 Å². The summed E-state index contributed by atoms with van der Waals surface area (Å²) >= 11 is 14.3. The number of hydrogen-bond acceptors (Lipinski definition) is 5. The summed E-state index contributed by atoms with van der Waals surface area (Å²) in [7, 11) is 0. The van der Waals surface area contributed by atoms with Gasteiger partial charge in [-0.3, -0.25) is 10.4 Å². The number of carbonyl (C=O) groups is 1. The first kappa shape index (κ1) is 24.1. The molecule has 174 valence electrons. The summed E-state index contributed by atoms with van der Waals surface area (Å²) in [4.78, 5) is 18.5. The molecule has 0 radical (unpaired) electrons. The summed E-state index contributed by atoms with van der Waals surface area (Å²) < 4.78 is -0.277. The predicted octanol–water partition coefficient (Wildman–Crippen LogP) is 5.95. The van der Waals surface area contributed by atoms with Crippen LogP contribution in [-0.2, 0) is 11.2 Å². The molecule has 33 heavy (non-hydrogen) atoms. The SMILES string of the molecule is CC(C)N=C(c1ccc(Cl)cc1Cl)N1CCCc2cc(C3=NNC(C=O)SC3(C)C)ccc21. The Labute approximate surface area is 209 Å². The maximum atomic E-state index is 11.2. The number of anilines is 1. The lowest BCUT2D eigenvalue weighted by atomic mass is 9.93. The van der Waals surface area contributed by atoms with Crippen molar-refractivity contribution in [3.05, 3.63) is 63.1 Å². The molecule has 8 heteroatoms. The summed E-state index contributed by atoms with van der Waals surface area (Å²) in [5.41, 5.74) is 8.24. The van der Waals surface area contributed by atoms with Gasteiger partial charge in [0.1, 0.15) is 11.2 Å². The third-order valence-corrected chi connectivity index (χ3v) is 7.50. The average Bonchev–Trinajstić information content (AvgIpc) is 2.76. The highest BCUT2D eigenvalue weighted by molar-refractivity contribution is 8.02. The van der Waals surface area contributed by atoms with Crippen LogP contribution in [0, 0.1) is 0 Å². The lowest BCUT2D eigenvalue weighted by Gasteiger charge is -2.35. The summed E-state index contributed by atoms with van der Waals surface area (Å²) in [6.07, 6.45) is 2.89. The minimum Gasteiger partial charge on any atom is -0.326 e. The lowest BCUT2D eigenvalue weighted by molar-refractivity contribution is -0.107. The van der Waals surface area contributed by atoms with Crippen molar-refractivity contribution in [2.45, 2.75) is 56.7 Å². The molecule has 2 aromatic carbocycles. The number of hydrazone groups is 1. The topological polar surface area (TPSA) is 57.1 Å². The number of amidine groups is 1. The van der Waals surface area contributed by atoms with E-state index in [4.69, 9.17) is 28.2 Å². The van der Waals surface area contributed by atoms with Crippen LogP contribution in [-0.4, -0.2) is 40.5 Å². The Morgan fingerprint density at radius 1 is 1.27 bits per heavy atom. The molecule has 0 aromatic heterocycles. The monoisotopic (exact) mass is 502 g/mol. The number of benzene rings is 2. The second-order valence-corrected chi connectivity index (χ2v) is 11.7. The van der Waals surface area contributed by atoms with E-state index in [1.807, 2.05) is 12.1 Å². The molecule has 1 N–H and O–H groups in total. The van der Waals surface area contributed by atoms with Gasteiger partial charge in [-0.15, -0.1) is 11.8 Å². The number of fused-ring (bicyclic) bond motifs is 1. The Morgan fingerprint density at radius 3 is 2.73 bits per heavy atom. The lowest BCUT2D eigenvalue weighted by Crippen LogP contribution is -2.42. The van der Waals surface area contributed by atoms with Crippen molar-refractivity contribution in [3.8, 4) is 0 Å². The Morgan fingerprint density at radius 2 is 2.06 bits per heavy atom. The Hall–Kier alpha value is -2.02. The number of rotatable bonds is 4. The number of aldehydes is 1. The van der Waals surface area contributed by atoms with E-state index < -0.39 is 0 Å². The number of hydrogen-bond donors (Lipinski definition) is 1. The van der Waals surface area contributed by atoms with Crippen LogP contribution in [0.4, 0.5) is 5.69 Å². The zero-order chi connectivity index (χ0) is 23.8. The smallest absolute Gasteiger partial charge is 0.154 e. The number of halogens is 2. The zero-order valence-corrected chi connectivity index (χ0v) is 21.6. The fourth-order valence-corrected chi connectivity index (χ4v) is 5.86. The van der Waals surface area contributed by atoms with Gasteiger partial charge in [0.05, 0.1) is 15.5 Å². The van der Waals surface area contributed by atoms with Gasteiger partial charge in [-0.25, -0.2) is 0 Å².